The SMILES string of the molecule is CSCCN(C)c1ccc(C)cc1CNC1CC1. The van der Waals surface area contributed by atoms with Gasteiger partial charge in [0.05, 0.1) is 0 Å². The third-order valence-electron chi connectivity index (χ3n) is 3.44. The second kappa shape index (κ2) is 6.48. The molecule has 0 radical (unpaired) electrons. The lowest BCUT2D eigenvalue weighted by molar-refractivity contribution is 0.686. The topological polar surface area (TPSA) is 15.3 Å². The summed E-state index contributed by atoms with van der Waals surface area (Å²) < 4.78 is 0. The molecule has 2 rings (SSSR count). The minimum Gasteiger partial charge on any atom is -0.374 e. The highest BCUT2D eigenvalue weighted by molar-refractivity contribution is 7.98. The van der Waals surface area contributed by atoms with Gasteiger partial charge in [0.15, 0.2) is 0 Å². The summed E-state index contributed by atoms with van der Waals surface area (Å²) in [5.41, 5.74) is 4.16. The summed E-state index contributed by atoms with van der Waals surface area (Å²) >= 11 is 1.90. The van der Waals surface area contributed by atoms with Gasteiger partial charge in [-0.1, -0.05) is 17.7 Å². The number of hydrogen-bond donors (Lipinski definition) is 1. The maximum atomic E-state index is 3.62. The molecule has 0 aliphatic heterocycles. The molecule has 0 amide bonds. The van der Waals surface area contributed by atoms with Crippen LogP contribution in [-0.2, 0) is 6.54 Å². The van der Waals surface area contributed by atoms with E-state index in [1.165, 1.54) is 35.4 Å². The lowest BCUT2D eigenvalue weighted by Gasteiger charge is -2.23. The molecule has 0 aromatic heterocycles. The number of aryl methyl sites for hydroxylation is 1. The van der Waals surface area contributed by atoms with Gasteiger partial charge in [0, 0.05) is 37.6 Å². The van der Waals surface area contributed by atoms with Crippen molar-refractivity contribution in [1.82, 2.24) is 5.32 Å². The summed E-state index contributed by atoms with van der Waals surface area (Å²) in [5, 5.41) is 3.62. The largest absolute Gasteiger partial charge is 0.374 e. The van der Waals surface area contributed by atoms with Gasteiger partial charge in [-0.3, -0.25) is 0 Å². The smallest absolute Gasteiger partial charge is 0.0409 e. The van der Waals surface area contributed by atoms with Gasteiger partial charge in [0.25, 0.3) is 0 Å². The summed E-state index contributed by atoms with van der Waals surface area (Å²) in [6.45, 7) is 4.29. The predicted molar refractivity (Wildman–Crippen MR) is 82.7 cm³/mol. The Morgan fingerprint density at radius 3 is 2.83 bits per heavy atom. The van der Waals surface area contributed by atoms with E-state index in [-0.39, 0.29) is 0 Å². The van der Waals surface area contributed by atoms with E-state index < -0.39 is 0 Å². The highest BCUT2D eigenvalue weighted by Gasteiger charge is 2.20. The molecule has 1 aromatic rings. The molecule has 2 nitrogen and oxygen atoms in total. The average Bonchev–Trinajstić information content (AvgIpc) is 3.17. The molecule has 3 heteroatoms. The normalized spacial score (nSPS) is 14.8. The highest BCUT2D eigenvalue weighted by atomic mass is 32.2. The molecular formula is C15H24N2S. The molecule has 1 fully saturated rings. The molecule has 0 atom stereocenters. The number of thioether (sulfide) groups is 1. The number of rotatable bonds is 7. The molecule has 18 heavy (non-hydrogen) atoms. The Hall–Kier alpha value is -0.670. The van der Waals surface area contributed by atoms with Crippen LogP contribution in [0.15, 0.2) is 18.2 Å². The maximum Gasteiger partial charge on any atom is 0.0409 e. The maximum absolute atomic E-state index is 3.62. The fourth-order valence-electron chi connectivity index (χ4n) is 2.12. The van der Waals surface area contributed by atoms with Crippen molar-refractivity contribution >= 4 is 17.4 Å². The van der Waals surface area contributed by atoms with E-state index in [1.54, 1.807) is 0 Å². The van der Waals surface area contributed by atoms with Crippen molar-refractivity contribution < 1.29 is 0 Å². The first-order chi connectivity index (χ1) is 8.70. The summed E-state index contributed by atoms with van der Waals surface area (Å²) in [4.78, 5) is 2.37. The zero-order valence-electron chi connectivity index (χ0n) is 11.7. The Kier molecular flexibility index (Phi) is 4.95. The summed E-state index contributed by atoms with van der Waals surface area (Å²) in [6.07, 6.45) is 4.87. The lowest BCUT2D eigenvalue weighted by atomic mass is 10.1. The summed E-state index contributed by atoms with van der Waals surface area (Å²) in [6, 6.07) is 7.57. The van der Waals surface area contributed by atoms with Crippen molar-refractivity contribution in [3.63, 3.8) is 0 Å². The van der Waals surface area contributed by atoms with Gasteiger partial charge < -0.3 is 10.2 Å². The van der Waals surface area contributed by atoms with E-state index in [1.807, 2.05) is 11.8 Å². The molecule has 1 aliphatic carbocycles. The molecular weight excluding hydrogens is 240 g/mol. The van der Waals surface area contributed by atoms with E-state index >= 15 is 0 Å². The summed E-state index contributed by atoms with van der Waals surface area (Å²) in [5.74, 6) is 1.18. The van der Waals surface area contributed by atoms with Crippen molar-refractivity contribution in [2.24, 2.45) is 0 Å². The van der Waals surface area contributed by atoms with Gasteiger partial charge in [0.1, 0.15) is 0 Å². The fourth-order valence-corrected chi connectivity index (χ4v) is 2.58. The Morgan fingerprint density at radius 1 is 1.39 bits per heavy atom. The number of anilines is 1. The van der Waals surface area contributed by atoms with E-state index in [2.05, 4.69) is 48.6 Å². The van der Waals surface area contributed by atoms with Crippen LogP contribution in [0.25, 0.3) is 0 Å². The zero-order chi connectivity index (χ0) is 13.0. The first-order valence-electron chi connectivity index (χ1n) is 6.73. The first kappa shape index (κ1) is 13.8. The summed E-state index contributed by atoms with van der Waals surface area (Å²) in [7, 11) is 2.20. The second-order valence-corrected chi connectivity index (χ2v) is 6.19. The fraction of sp³-hybridized carbons (Fsp3) is 0.600. The number of nitrogens with one attached hydrogen (secondary N) is 1. The standard InChI is InChI=1S/C15H24N2S/c1-12-4-7-15(17(2)8-9-18-3)13(10-12)11-16-14-5-6-14/h4,7,10,14,16H,5-6,8-9,11H2,1-3H3. The van der Waals surface area contributed by atoms with Gasteiger partial charge >= 0.3 is 0 Å². The molecule has 1 aromatic carbocycles. The van der Waals surface area contributed by atoms with Crippen molar-refractivity contribution in [1.29, 1.82) is 0 Å². The van der Waals surface area contributed by atoms with Crippen molar-refractivity contribution in [3.8, 4) is 0 Å². The molecule has 1 aliphatic rings. The van der Waals surface area contributed by atoms with E-state index in [4.69, 9.17) is 0 Å². The van der Waals surface area contributed by atoms with Crippen molar-refractivity contribution in [2.75, 3.05) is 30.5 Å². The molecule has 1 saturated carbocycles. The Bertz CT molecular complexity index is 388. The van der Waals surface area contributed by atoms with Gasteiger partial charge in [0.2, 0.25) is 0 Å². The second-order valence-electron chi connectivity index (χ2n) is 5.20. The van der Waals surface area contributed by atoms with Crippen molar-refractivity contribution in [2.45, 2.75) is 32.4 Å². The van der Waals surface area contributed by atoms with Crippen LogP contribution >= 0.6 is 11.8 Å². The predicted octanol–water partition coefficient (Wildman–Crippen LogP) is 3.05. The molecule has 0 heterocycles. The monoisotopic (exact) mass is 264 g/mol. The Balaban J connectivity index is 2.05. The zero-order valence-corrected chi connectivity index (χ0v) is 12.5. The minimum absolute atomic E-state index is 0.773. The third kappa shape index (κ3) is 3.92. The van der Waals surface area contributed by atoms with Crippen LogP contribution in [0.5, 0.6) is 0 Å². The Labute approximate surface area is 115 Å². The molecule has 0 bridgehead atoms. The first-order valence-corrected chi connectivity index (χ1v) is 8.13. The van der Waals surface area contributed by atoms with Crippen LogP contribution < -0.4 is 10.2 Å². The lowest BCUT2D eigenvalue weighted by Crippen LogP contribution is -2.24. The van der Waals surface area contributed by atoms with Gasteiger partial charge in [-0.2, -0.15) is 11.8 Å². The highest BCUT2D eigenvalue weighted by Crippen LogP contribution is 2.24. The quantitative estimate of drug-likeness (QED) is 0.815. The number of benzene rings is 1. The minimum atomic E-state index is 0.773. The van der Waals surface area contributed by atoms with Crippen LogP contribution in [0.3, 0.4) is 0 Å². The number of hydrogen-bond acceptors (Lipinski definition) is 3. The average molecular weight is 264 g/mol. The molecule has 0 spiro atoms. The van der Waals surface area contributed by atoms with Crippen LogP contribution in [0.4, 0.5) is 5.69 Å². The molecule has 0 saturated heterocycles. The molecule has 0 unspecified atom stereocenters. The van der Waals surface area contributed by atoms with E-state index in [0.29, 0.717) is 0 Å². The Morgan fingerprint density at radius 2 is 2.17 bits per heavy atom. The van der Waals surface area contributed by atoms with Crippen molar-refractivity contribution in [3.05, 3.63) is 29.3 Å². The third-order valence-corrected chi connectivity index (χ3v) is 4.03. The van der Waals surface area contributed by atoms with Gasteiger partial charge in [-0.15, -0.1) is 0 Å². The van der Waals surface area contributed by atoms with Gasteiger partial charge in [-0.25, -0.2) is 0 Å². The molecule has 100 valence electrons. The molecule has 1 N–H and O–H groups in total. The van der Waals surface area contributed by atoms with E-state index in [9.17, 15) is 0 Å². The van der Waals surface area contributed by atoms with E-state index in [0.717, 1.165) is 19.1 Å². The van der Waals surface area contributed by atoms with Gasteiger partial charge in [-0.05, 0) is 37.7 Å². The number of nitrogens with zero attached hydrogens (tertiary/aromatic N) is 1. The van der Waals surface area contributed by atoms with Crippen LogP contribution in [0.1, 0.15) is 24.0 Å². The van der Waals surface area contributed by atoms with Crippen LogP contribution in [-0.4, -0.2) is 31.6 Å². The van der Waals surface area contributed by atoms with Crippen LogP contribution in [0, 0.1) is 6.92 Å². The van der Waals surface area contributed by atoms with Crippen LogP contribution in [0.2, 0.25) is 0 Å².